The molecule has 3 saturated heterocycles. The number of piperidine rings is 1. The third-order valence-corrected chi connectivity index (χ3v) is 17.4. The Morgan fingerprint density at radius 3 is 1.79 bits per heavy atom. The molecule has 4 atom stereocenters. The van der Waals surface area contributed by atoms with E-state index in [0.717, 1.165) is 65.7 Å². The molecule has 23 nitrogen and oxygen atoms in total. The van der Waals surface area contributed by atoms with Gasteiger partial charge in [-0.05, 0) is 133 Å². The van der Waals surface area contributed by atoms with Gasteiger partial charge in [0, 0.05) is 112 Å². The van der Waals surface area contributed by atoms with Gasteiger partial charge in [0.2, 0.25) is 11.8 Å². The van der Waals surface area contributed by atoms with Crippen molar-refractivity contribution >= 4 is 58.7 Å². The van der Waals surface area contributed by atoms with Crippen molar-refractivity contribution in [1.29, 1.82) is 15.8 Å². The smallest absolute Gasteiger partial charge is 0.303 e. The number of esters is 1. The van der Waals surface area contributed by atoms with E-state index in [0.29, 0.717) is 96.8 Å². The Hall–Kier alpha value is -10.5. The van der Waals surface area contributed by atoms with E-state index in [1.54, 1.807) is 61.8 Å². The Morgan fingerprint density at radius 1 is 0.660 bits per heavy atom. The number of aliphatic hydroxyl groups is 1. The molecule has 7 aliphatic rings. The number of hydrogen-bond acceptors (Lipinski definition) is 19. The lowest BCUT2D eigenvalue weighted by molar-refractivity contribution is -0.155. The third-order valence-electron chi connectivity index (χ3n) is 17.4. The largest absolute Gasteiger partial charge is 0.489 e. The highest BCUT2D eigenvalue weighted by Gasteiger charge is 2.54. The minimum atomic E-state index is -3.32. The van der Waals surface area contributed by atoms with Gasteiger partial charge in [-0.15, -0.1) is 5.10 Å². The summed E-state index contributed by atoms with van der Waals surface area (Å²) in [6.45, 7) is 4.96. The number of carbonyl (C=O) groups is 5. The van der Waals surface area contributed by atoms with Gasteiger partial charge in [0.15, 0.2) is 11.7 Å². The Balaban J connectivity index is 0.000000148. The van der Waals surface area contributed by atoms with E-state index >= 15 is 0 Å². The zero-order valence-electron chi connectivity index (χ0n) is 53.4. The molecule has 3 saturated carbocycles. The third kappa shape index (κ3) is 17.5. The second-order valence-electron chi connectivity index (χ2n) is 24.7. The molecule has 6 fully saturated rings. The van der Waals surface area contributed by atoms with E-state index in [1.807, 2.05) is 54.6 Å². The molecule has 4 aromatic carbocycles. The summed E-state index contributed by atoms with van der Waals surface area (Å²) in [6.07, 6.45) is 9.65. The number of rotatable bonds is 18. The molecule has 2 aromatic heterocycles. The van der Waals surface area contributed by atoms with E-state index in [1.165, 1.54) is 25.3 Å². The van der Waals surface area contributed by atoms with Crippen molar-refractivity contribution in [2.45, 2.75) is 120 Å². The maximum Gasteiger partial charge on any atom is 0.303 e. The van der Waals surface area contributed by atoms with Gasteiger partial charge < -0.3 is 54.4 Å². The van der Waals surface area contributed by atoms with Crippen LogP contribution in [0, 0.1) is 51.7 Å². The fraction of sp³-hybridized carbons (Fsp3) is 0.389. The summed E-state index contributed by atoms with van der Waals surface area (Å²) in [6, 6.07) is 36.4. The number of pyridine rings is 2. The van der Waals surface area contributed by atoms with Gasteiger partial charge in [0.25, 0.3) is 11.8 Å². The topological polar surface area (TPSA) is 322 Å². The first kappa shape index (κ1) is 67.9. The van der Waals surface area contributed by atoms with Gasteiger partial charge in [-0.1, -0.05) is 24.3 Å². The lowest BCUT2D eigenvalue weighted by Crippen LogP contribution is -2.56. The number of aliphatic hydroxyl groups excluding tert-OH is 1. The number of alkyl halides is 2. The molecule has 3 aliphatic carbocycles. The van der Waals surface area contributed by atoms with Gasteiger partial charge in [-0.2, -0.15) is 20.9 Å². The van der Waals surface area contributed by atoms with Crippen LogP contribution in [0.2, 0.25) is 0 Å². The first-order valence-electron chi connectivity index (χ1n) is 32.3. The van der Waals surface area contributed by atoms with Crippen LogP contribution in [-0.2, 0) is 38.2 Å². The molecule has 6 heterocycles. The average Bonchev–Trinajstić information content (AvgIpc) is 1.67. The van der Waals surface area contributed by atoms with Crippen molar-refractivity contribution < 1.29 is 66.3 Å². The second-order valence-corrected chi connectivity index (χ2v) is 24.7. The van der Waals surface area contributed by atoms with Crippen LogP contribution in [0.3, 0.4) is 0 Å². The predicted molar refractivity (Wildman–Crippen MR) is 351 cm³/mol. The molecular weight excluding hydrogens is 1250 g/mol. The van der Waals surface area contributed by atoms with Crippen molar-refractivity contribution in [3.8, 4) is 69.0 Å². The molecule has 1 unspecified atom stereocenters. The zero-order chi connectivity index (χ0) is 68.2. The van der Waals surface area contributed by atoms with Gasteiger partial charge >= 0.3 is 11.9 Å². The summed E-state index contributed by atoms with van der Waals surface area (Å²) < 4.78 is 63.4. The first-order chi connectivity index (χ1) is 46.9. The van der Waals surface area contributed by atoms with Crippen LogP contribution >= 0.6 is 0 Å². The summed E-state index contributed by atoms with van der Waals surface area (Å²) in [5.41, 5.74) is 5.77. The van der Waals surface area contributed by atoms with Crippen molar-refractivity contribution in [2.75, 3.05) is 55.5 Å². The standard InChI is InChI=1S/C25H22F2N6O3.C24H24N2O5.C23H25N3O4/c26-25(27)14-33(24(35)19-6-9-30-32-19)10-7-22(25)36-21-4-3-16(11-17(21)13-28)20-12-18(5-8-29-20)31-23(34)15-1-2-15;1-16(27)31-24(9-10-24)23(28)26-20-4-2-3-17(14-20)18-5-6-22(19(13-18)15-25)30-21-7-11-29-12-8-21;1-14(27)19-12-20(19)23(28)26-22-11-16(4-7-25-22)15-2-3-21(17(10-15)13-24)30-18-5-8-29-9-6-18/h3-5,8-9,11-12,15,22H,1-2,6-7,10,14H2,(H,29,31,34);2-6,13-14,21H,7-12H2,1H3,(H,26,28);2-4,7,10-11,14,18-20,27H,5-6,8-9,12H2,1H3,(H,25,26,28)/t22-;;14?,19-,20+/m0.0/s1. The highest BCUT2D eigenvalue weighted by molar-refractivity contribution is 6.41. The first-order valence-corrected chi connectivity index (χ1v) is 32.3. The van der Waals surface area contributed by atoms with Crippen LogP contribution in [0.5, 0.6) is 17.2 Å². The SMILES string of the molecule is CC(=O)OC1(C(=O)Nc2cccc(-c3ccc(OC4CCOCC4)c(C#N)c3)c2)CC1.CC(O)[C@@H]1C[C@H]1C(=O)Nc1cc(-c2ccc(OC3CCOCC3)c(C#N)c2)ccn1.N#Cc1cc(-c2cc(NC(=O)C3CC3)ccn2)ccc1O[C@H]1CCN(C(=O)C2=NN=CC2)CC1(F)F. The van der Waals surface area contributed by atoms with Gasteiger partial charge in [0.05, 0.1) is 61.5 Å². The normalized spacial score (nSPS) is 19.9. The number of benzene rings is 4. The van der Waals surface area contributed by atoms with Crippen molar-refractivity contribution in [1.82, 2.24) is 14.9 Å². The van der Waals surface area contributed by atoms with Crippen LogP contribution in [0.4, 0.5) is 26.0 Å². The number of ether oxygens (including phenoxy) is 6. The maximum atomic E-state index is 14.9. The van der Waals surface area contributed by atoms with Gasteiger partial charge in [-0.25, -0.2) is 13.8 Å². The van der Waals surface area contributed by atoms with E-state index < -0.39 is 42.2 Å². The average molecular weight is 1320 g/mol. The minimum Gasteiger partial charge on any atom is -0.489 e. The monoisotopic (exact) mass is 1320 g/mol. The lowest BCUT2D eigenvalue weighted by atomic mass is 10.0. The maximum absolute atomic E-state index is 14.9. The van der Waals surface area contributed by atoms with Gasteiger partial charge in [0.1, 0.15) is 59.2 Å². The number of hydrogen-bond donors (Lipinski definition) is 4. The number of anilines is 3. The Bertz CT molecular complexity index is 4140. The van der Waals surface area contributed by atoms with Crippen LogP contribution in [0.15, 0.2) is 126 Å². The van der Waals surface area contributed by atoms with E-state index in [-0.39, 0.29) is 84.1 Å². The zero-order valence-corrected chi connectivity index (χ0v) is 53.4. The molecule has 25 heteroatoms. The van der Waals surface area contributed by atoms with E-state index in [4.69, 9.17) is 28.4 Å². The molecule has 6 aromatic rings. The highest BCUT2D eigenvalue weighted by Crippen LogP contribution is 2.43. The summed E-state index contributed by atoms with van der Waals surface area (Å²) in [7, 11) is 0. The second kappa shape index (κ2) is 30.5. The Labute approximate surface area is 558 Å². The highest BCUT2D eigenvalue weighted by atomic mass is 19.3. The molecule has 4 aliphatic heterocycles. The van der Waals surface area contributed by atoms with Crippen LogP contribution in [0.1, 0.15) is 101 Å². The van der Waals surface area contributed by atoms with E-state index in [9.17, 15) is 53.6 Å². The molecule has 97 heavy (non-hydrogen) atoms. The molecule has 4 N–H and O–H groups in total. The number of halogens is 2. The number of amides is 4. The number of nitrogens with one attached hydrogen (secondary N) is 3. The number of nitriles is 3. The fourth-order valence-corrected chi connectivity index (χ4v) is 11.6. The molecule has 0 radical (unpaired) electrons. The van der Waals surface area contributed by atoms with Crippen molar-refractivity contribution in [3.05, 3.63) is 132 Å². The van der Waals surface area contributed by atoms with Crippen LogP contribution in [0.25, 0.3) is 33.5 Å². The van der Waals surface area contributed by atoms with Crippen LogP contribution < -0.4 is 30.2 Å². The summed E-state index contributed by atoms with van der Waals surface area (Å²) in [4.78, 5) is 70.2. The number of nitrogens with zero attached hydrogens (tertiary/aromatic N) is 8. The predicted octanol–water partition coefficient (Wildman–Crippen LogP) is 10.4. The molecule has 0 spiro atoms. The molecule has 13 rings (SSSR count). The Morgan fingerprint density at radius 2 is 1.24 bits per heavy atom. The quantitative estimate of drug-likeness (QED) is 0.0581. The number of carbonyl (C=O) groups excluding carboxylic acids is 5. The lowest BCUT2D eigenvalue weighted by Gasteiger charge is -2.38. The summed E-state index contributed by atoms with van der Waals surface area (Å²) in [5, 5.41) is 54.3. The van der Waals surface area contributed by atoms with Gasteiger partial charge in [-0.3, -0.25) is 29.0 Å². The minimum absolute atomic E-state index is 0.0228. The molecule has 4 amide bonds. The molecule has 500 valence electrons. The number of likely N-dealkylation sites (tertiary alicyclic amines) is 1. The number of aromatic nitrogens is 2. The van der Waals surface area contributed by atoms with Crippen molar-refractivity contribution in [3.63, 3.8) is 0 Å². The molecular formula is C72H71F2N11O12. The summed E-state index contributed by atoms with van der Waals surface area (Å²) >= 11 is 0. The van der Waals surface area contributed by atoms with Crippen molar-refractivity contribution in [2.24, 2.45) is 28.0 Å². The van der Waals surface area contributed by atoms with Crippen LogP contribution in [-0.4, -0.2) is 137 Å². The Kier molecular flexibility index (Phi) is 21.3. The molecule has 0 bridgehead atoms. The fourth-order valence-electron chi connectivity index (χ4n) is 11.6. The van der Waals surface area contributed by atoms with E-state index in [2.05, 4.69) is 48.3 Å². The summed E-state index contributed by atoms with van der Waals surface area (Å²) in [5.74, 6) is -3.29.